The van der Waals surface area contributed by atoms with Crippen molar-refractivity contribution >= 4 is 5.91 Å². The number of hydrogen-bond acceptors (Lipinski definition) is 4. The molecule has 0 spiro atoms. The van der Waals surface area contributed by atoms with Gasteiger partial charge in [-0.25, -0.2) is 0 Å². The lowest BCUT2D eigenvalue weighted by atomic mass is 10.1. The molecule has 116 valence electrons. The fourth-order valence-electron chi connectivity index (χ4n) is 2.82. The van der Waals surface area contributed by atoms with Crippen molar-refractivity contribution in [1.82, 2.24) is 9.80 Å². The first-order valence-electron chi connectivity index (χ1n) is 7.43. The number of ether oxygens (including phenoxy) is 1. The van der Waals surface area contributed by atoms with E-state index < -0.39 is 0 Å². The Balaban J connectivity index is 1.90. The topological polar surface area (TPSA) is 58.8 Å². The van der Waals surface area contributed by atoms with Crippen molar-refractivity contribution in [3.8, 4) is 0 Å². The van der Waals surface area contributed by atoms with E-state index in [0.717, 1.165) is 26.2 Å². The molecule has 0 bridgehead atoms. The Morgan fingerprint density at radius 1 is 1.48 bits per heavy atom. The number of amides is 1. The number of carbonyl (C=O) groups is 1. The first-order chi connectivity index (χ1) is 10.1. The van der Waals surface area contributed by atoms with Crippen LogP contribution in [0.2, 0.25) is 0 Å². The van der Waals surface area contributed by atoms with Crippen LogP contribution in [0.1, 0.15) is 18.5 Å². The molecule has 21 heavy (non-hydrogen) atoms. The van der Waals surface area contributed by atoms with Gasteiger partial charge in [0.05, 0.1) is 19.3 Å². The van der Waals surface area contributed by atoms with Crippen molar-refractivity contribution in [3.63, 3.8) is 0 Å². The fraction of sp³-hybridized carbons (Fsp3) is 0.562. The van der Waals surface area contributed by atoms with Gasteiger partial charge in [-0.3, -0.25) is 14.6 Å². The summed E-state index contributed by atoms with van der Waals surface area (Å²) >= 11 is 0. The van der Waals surface area contributed by atoms with E-state index in [2.05, 4.69) is 36.1 Å². The van der Waals surface area contributed by atoms with Gasteiger partial charge in [-0.1, -0.05) is 30.3 Å². The zero-order chi connectivity index (χ0) is 15.2. The standard InChI is InChI=1S/C16H25N3O2/c1-13(14-6-4-3-5-7-14)19-8-9-21-15(11-19)10-18(2)12-16(17)20/h3-7,13,15H,8-12H2,1-2H3,(H2,17,20)/t13-,15-/m1/s1. The molecule has 1 aliphatic rings. The molecule has 1 aliphatic heterocycles. The largest absolute Gasteiger partial charge is 0.374 e. The van der Waals surface area contributed by atoms with Gasteiger partial charge in [0, 0.05) is 25.7 Å². The molecule has 1 aromatic carbocycles. The van der Waals surface area contributed by atoms with Crippen LogP contribution in [0.3, 0.4) is 0 Å². The maximum atomic E-state index is 10.9. The molecule has 0 aromatic heterocycles. The number of benzene rings is 1. The van der Waals surface area contributed by atoms with Crippen LogP contribution >= 0.6 is 0 Å². The molecule has 1 fully saturated rings. The molecule has 1 aromatic rings. The van der Waals surface area contributed by atoms with E-state index in [0.29, 0.717) is 6.04 Å². The smallest absolute Gasteiger partial charge is 0.231 e. The van der Waals surface area contributed by atoms with E-state index in [1.807, 2.05) is 18.0 Å². The van der Waals surface area contributed by atoms with Crippen molar-refractivity contribution in [2.24, 2.45) is 5.73 Å². The molecule has 2 atom stereocenters. The van der Waals surface area contributed by atoms with E-state index in [1.54, 1.807) is 0 Å². The Kier molecular flexibility index (Phi) is 5.73. The predicted octanol–water partition coefficient (Wildman–Crippen LogP) is 0.866. The Morgan fingerprint density at radius 3 is 2.86 bits per heavy atom. The summed E-state index contributed by atoms with van der Waals surface area (Å²) in [4.78, 5) is 15.3. The van der Waals surface area contributed by atoms with Crippen LogP contribution in [0.25, 0.3) is 0 Å². The Morgan fingerprint density at radius 2 is 2.19 bits per heavy atom. The quantitative estimate of drug-likeness (QED) is 0.845. The summed E-state index contributed by atoms with van der Waals surface area (Å²) in [6.07, 6.45) is 0.120. The SMILES string of the molecule is C[C@H](c1ccccc1)N1CCO[C@H](CN(C)CC(N)=O)C1. The second-order valence-corrected chi connectivity index (χ2v) is 5.74. The second-order valence-electron chi connectivity index (χ2n) is 5.74. The average molecular weight is 291 g/mol. The Hall–Kier alpha value is -1.43. The number of carbonyl (C=O) groups excluding carboxylic acids is 1. The van der Waals surface area contributed by atoms with Crippen molar-refractivity contribution in [3.05, 3.63) is 35.9 Å². The minimum Gasteiger partial charge on any atom is -0.374 e. The number of primary amides is 1. The van der Waals surface area contributed by atoms with Gasteiger partial charge in [0.15, 0.2) is 0 Å². The van der Waals surface area contributed by atoms with Crippen molar-refractivity contribution in [2.45, 2.75) is 19.1 Å². The van der Waals surface area contributed by atoms with E-state index in [9.17, 15) is 4.79 Å². The Bertz CT molecular complexity index is 452. The summed E-state index contributed by atoms with van der Waals surface area (Å²) in [5.41, 5.74) is 6.54. The number of nitrogens with zero attached hydrogens (tertiary/aromatic N) is 2. The second kappa shape index (κ2) is 7.54. The van der Waals surface area contributed by atoms with Crippen molar-refractivity contribution in [2.75, 3.05) is 39.8 Å². The molecule has 2 rings (SSSR count). The molecule has 0 unspecified atom stereocenters. The monoisotopic (exact) mass is 291 g/mol. The third kappa shape index (κ3) is 4.81. The molecule has 1 amide bonds. The average Bonchev–Trinajstić information content (AvgIpc) is 2.46. The van der Waals surface area contributed by atoms with Crippen LogP contribution in [0.5, 0.6) is 0 Å². The summed E-state index contributed by atoms with van der Waals surface area (Å²) in [5.74, 6) is -0.303. The maximum Gasteiger partial charge on any atom is 0.231 e. The summed E-state index contributed by atoms with van der Waals surface area (Å²) < 4.78 is 5.81. The fourth-order valence-corrected chi connectivity index (χ4v) is 2.82. The number of nitrogens with two attached hydrogens (primary N) is 1. The molecule has 5 nitrogen and oxygen atoms in total. The summed E-state index contributed by atoms with van der Waals surface area (Å²) in [6, 6.07) is 10.9. The molecule has 5 heteroatoms. The molecule has 1 saturated heterocycles. The molecular formula is C16H25N3O2. The van der Waals surface area contributed by atoms with Crippen LogP contribution in [0, 0.1) is 0 Å². The first kappa shape index (κ1) is 15.9. The molecule has 1 heterocycles. The lowest BCUT2D eigenvalue weighted by Gasteiger charge is -2.38. The third-order valence-corrected chi connectivity index (χ3v) is 3.94. The van der Waals surface area contributed by atoms with Crippen LogP contribution in [0.4, 0.5) is 0 Å². The number of rotatable bonds is 6. The number of hydrogen-bond donors (Lipinski definition) is 1. The van der Waals surface area contributed by atoms with Crippen LogP contribution in [-0.2, 0) is 9.53 Å². The predicted molar refractivity (Wildman–Crippen MR) is 82.9 cm³/mol. The highest BCUT2D eigenvalue weighted by Gasteiger charge is 2.25. The molecule has 0 aliphatic carbocycles. The van der Waals surface area contributed by atoms with E-state index in [-0.39, 0.29) is 18.6 Å². The minimum atomic E-state index is -0.303. The zero-order valence-corrected chi connectivity index (χ0v) is 12.9. The van der Waals surface area contributed by atoms with Crippen LogP contribution < -0.4 is 5.73 Å². The first-order valence-corrected chi connectivity index (χ1v) is 7.43. The molecule has 0 saturated carbocycles. The van der Waals surface area contributed by atoms with E-state index in [1.165, 1.54) is 5.56 Å². The van der Waals surface area contributed by atoms with Gasteiger partial charge in [0.25, 0.3) is 0 Å². The molecule has 2 N–H and O–H groups in total. The van der Waals surface area contributed by atoms with Crippen molar-refractivity contribution < 1.29 is 9.53 Å². The van der Waals surface area contributed by atoms with Gasteiger partial charge in [0.2, 0.25) is 5.91 Å². The van der Waals surface area contributed by atoms with Gasteiger partial charge < -0.3 is 10.5 Å². The summed E-state index contributed by atoms with van der Waals surface area (Å²) in [7, 11) is 1.90. The van der Waals surface area contributed by atoms with Gasteiger partial charge in [0.1, 0.15) is 0 Å². The van der Waals surface area contributed by atoms with E-state index >= 15 is 0 Å². The maximum absolute atomic E-state index is 10.9. The lowest BCUT2D eigenvalue weighted by Crippen LogP contribution is -2.48. The highest BCUT2D eigenvalue weighted by molar-refractivity contribution is 5.75. The lowest BCUT2D eigenvalue weighted by molar-refractivity contribution is -0.119. The third-order valence-electron chi connectivity index (χ3n) is 3.94. The highest BCUT2D eigenvalue weighted by Crippen LogP contribution is 2.22. The van der Waals surface area contributed by atoms with Gasteiger partial charge in [-0.05, 0) is 19.5 Å². The van der Waals surface area contributed by atoms with E-state index in [4.69, 9.17) is 10.5 Å². The van der Waals surface area contributed by atoms with Crippen LogP contribution in [-0.4, -0.2) is 61.6 Å². The summed E-state index contributed by atoms with van der Waals surface area (Å²) in [5, 5.41) is 0. The van der Waals surface area contributed by atoms with Gasteiger partial charge in [-0.15, -0.1) is 0 Å². The Labute approximate surface area is 126 Å². The summed E-state index contributed by atoms with van der Waals surface area (Å²) in [6.45, 7) is 5.76. The normalized spacial score (nSPS) is 21.4. The van der Waals surface area contributed by atoms with Crippen molar-refractivity contribution in [1.29, 1.82) is 0 Å². The molecular weight excluding hydrogens is 266 g/mol. The minimum absolute atomic E-state index is 0.120. The number of likely N-dealkylation sites (N-methyl/N-ethyl adjacent to an activating group) is 1. The van der Waals surface area contributed by atoms with Gasteiger partial charge in [-0.2, -0.15) is 0 Å². The van der Waals surface area contributed by atoms with Crippen LogP contribution in [0.15, 0.2) is 30.3 Å². The van der Waals surface area contributed by atoms with Gasteiger partial charge >= 0.3 is 0 Å². The zero-order valence-electron chi connectivity index (χ0n) is 12.9. The molecule has 0 radical (unpaired) electrons. The number of morpholine rings is 1. The highest BCUT2D eigenvalue weighted by atomic mass is 16.5.